The molecule has 16 heavy (non-hydrogen) atoms. The Hall–Kier alpha value is -0.570. The SMILES string of the molecule is CCCCCN(C(C)C)C1CCC1C(=O)O. The van der Waals surface area contributed by atoms with Gasteiger partial charge in [-0.3, -0.25) is 9.69 Å². The molecule has 0 spiro atoms. The number of carboxylic acid groups (broad SMARTS) is 1. The Balaban J connectivity index is 2.46. The number of hydrogen-bond donors (Lipinski definition) is 1. The van der Waals surface area contributed by atoms with Crippen molar-refractivity contribution >= 4 is 5.97 Å². The predicted molar refractivity (Wildman–Crippen MR) is 65.5 cm³/mol. The Bertz CT molecular complexity index is 228. The zero-order chi connectivity index (χ0) is 12.1. The first-order valence-electron chi connectivity index (χ1n) is 6.56. The fraction of sp³-hybridized carbons (Fsp3) is 0.923. The third kappa shape index (κ3) is 3.21. The Labute approximate surface area is 98.8 Å². The number of aliphatic carboxylic acids is 1. The summed E-state index contributed by atoms with van der Waals surface area (Å²) in [5, 5.41) is 9.08. The lowest BCUT2D eigenvalue weighted by Gasteiger charge is -2.44. The highest BCUT2D eigenvalue weighted by molar-refractivity contribution is 5.72. The molecule has 0 amide bonds. The van der Waals surface area contributed by atoms with E-state index >= 15 is 0 Å². The molecule has 0 aromatic carbocycles. The van der Waals surface area contributed by atoms with E-state index in [1.54, 1.807) is 0 Å². The van der Waals surface area contributed by atoms with Gasteiger partial charge in [0.05, 0.1) is 5.92 Å². The highest BCUT2D eigenvalue weighted by atomic mass is 16.4. The molecule has 3 heteroatoms. The molecule has 0 aromatic rings. The third-order valence-corrected chi connectivity index (χ3v) is 3.66. The van der Waals surface area contributed by atoms with Crippen molar-refractivity contribution in [3.05, 3.63) is 0 Å². The molecule has 0 bridgehead atoms. The van der Waals surface area contributed by atoms with Gasteiger partial charge in [-0.25, -0.2) is 0 Å². The fourth-order valence-corrected chi connectivity index (χ4v) is 2.52. The molecule has 0 aromatic heterocycles. The van der Waals surface area contributed by atoms with Gasteiger partial charge in [-0.05, 0) is 39.7 Å². The smallest absolute Gasteiger partial charge is 0.308 e. The second kappa shape index (κ2) is 6.24. The van der Waals surface area contributed by atoms with Crippen molar-refractivity contribution in [3.8, 4) is 0 Å². The average Bonchev–Trinajstić information content (AvgIpc) is 2.13. The second-order valence-electron chi connectivity index (χ2n) is 5.13. The summed E-state index contributed by atoms with van der Waals surface area (Å²) in [5.74, 6) is -0.735. The Kier molecular flexibility index (Phi) is 5.26. The number of carboxylic acids is 1. The zero-order valence-corrected chi connectivity index (χ0v) is 10.8. The molecule has 2 atom stereocenters. The van der Waals surface area contributed by atoms with E-state index in [1.165, 1.54) is 19.3 Å². The van der Waals surface area contributed by atoms with Gasteiger partial charge in [0.2, 0.25) is 0 Å². The Morgan fingerprint density at radius 2 is 2.06 bits per heavy atom. The molecule has 0 heterocycles. The van der Waals surface area contributed by atoms with Crippen LogP contribution in [0.15, 0.2) is 0 Å². The highest BCUT2D eigenvalue weighted by Gasteiger charge is 2.40. The van der Waals surface area contributed by atoms with Crippen LogP contribution in [0, 0.1) is 5.92 Å². The van der Waals surface area contributed by atoms with Gasteiger partial charge in [-0.15, -0.1) is 0 Å². The maximum Gasteiger partial charge on any atom is 0.308 e. The average molecular weight is 227 g/mol. The van der Waals surface area contributed by atoms with Crippen LogP contribution in [0.2, 0.25) is 0 Å². The van der Waals surface area contributed by atoms with Crippen LogP contribution < -0.4 is 0 Å². The predicted octanol–water partition coefficient (Wildman–Crippen LogP) is 2.75. The first-order chi connectivity index (χ1) is 7.57. The van der Waals surface area contributed by atoms with Crippen molar-refractivity contribution in [3.63, 3.8) is 0 Å². The van der Waals surface area contributed by atoms with Crippen LogP contribution in [0.1, 0.15) is 52.9 Å². The zero-order valence-electron chi connectivity index (χ0n) is 10.8. The minimum atomic E-state index is -0.614. The van der Waals surface area contributed by atoms with Gasteiger partial charge < -0.3 is 5.11 Å². The van der Waals surface area contributed by atoms with Gasteiger partial charge in [0.25, 0.3) is 0 Å². The van der Waals surface area contributed by atoms with E-state index in [0.29, 0.717) is 6.04 Å². The van der Waals surface area contributed by atoms with Gasteiger partial charge in [-0.1, -0.05) is 19.8 Å². The number of hydrogen-bond acceptors (Lipinski definition) is 2. The third-order valence-electron chi connectivity index (χ3n) is 3.66. The Morgan fingerprint density at radius 1 is 1.38 bits per heavy atom. The topological polar surface area (TPSA) is 40.5 Å². The first kappa shape index (κ1) is 13.5. The lowest BCUT2D eigenvalue weighted by atomic mass is 9.78. The maximum atomic E-state index is 11.0. The Morgan fingerprint density at radius 3 is 2.44 bits per heavy atom. The molecule has 3 nitrogen and oxygen atoms in total. The summed E-state index contributed by atoms with van der Waals surface area (Å²) in [7, 11) is 0. The van der Waals surface area contributed by atoms with E-state index in [-0.39, 0.29) is 12.0 Å². The van der Waals surface area contributed by atoms with Crippen LogP contribution in [-0.4, -0.2) is 34.6 Å². The summed E-state index contributed by atoms with van der Waals surface area (Å²) in [5.41, 5.74) is 0. The van der Waals surface area contributed by atoms with Gasteiger partial charge >= 0.3 is 5.97 Å². The number of unbranched alkanes of at least 4 members (excludes halogenated alkanes) is 2. The molecule has 1 aliphatic carbocycles. The van der Waals surface area contributed by atoms with Crippen LogP contribution in [0.25, 0.3) is 0 Å². The summed E-state index contributed by atoms with van der Waals surface area (Å²) in [4.78, 5) is 13.4. The molecule has 1 aliphatic rings. The normalized spacial score (nSPS) is 24.8. The maximum absolute atomic E-state index is 11.0. The highest BCUT2D eigenvalue weighted by Crippen LogP contribution is 2.33. The molecule has 94 valence electrons. The van der Waals surface area contributed by atoms with Crippen molar-refractivity contribution in [2.45, 2.75) is 65.0 Å². The van der Waals surface area contributed by atoms with E-state index in [4.69, 9.17) is 5.11 Å². The molecule has 0 aliphatic heterocycles. The molecular weight excluding hydrogens is 202 g/mol. The second-order valence-corrected chi connectivity index (χ2v) is 5.13. The molecule has 0 radical (unpaired) electrons. The van der Waals surface area contributed by atoms with Crippen molar-refractivity contribution < 1.29 is 9.90 Å². The molecule has 1 fully saturated rings. The number of rotatable bonds is 7. The lowest BCUT2D eigenvalue weighted by molar-refractivity contribution is -0.149. The summed E-state index contributed by atoms with van der Waals surface area (Å²) in [6, 6.07) is 0.748. The summed E-state index contributed by atoms with van der Waals surface area (Å²) >= 11 is 0. The van der Waals surface area contributed by atoms with Crippen LogP contribution in [0.5, 0.6) is 0 Å². The van der Waals surface area contributed by atoms with Crippen molar-refractivity contribution in [2.75, 3.05) is 6.54 Å². The standard InChI is InChI=1S/C13H25NO2/c1-4-5-6-9-14(10(2)3)12-8-7-11(12)13(15)16/h10-12H,4-9H2,1-3H3,(H,15,16). The van der Waals surface area contributed by atoms with E-state index in [0.717, 1.165) is 19.4 Å². The van der Waals surface area contributed by atoms with E-state index < -0.39 is 5.97 Å². The molecule has 1 N–H and O–H groups in total. The molecule has 0 saturated heterocycles. The largest absolute Gasteiger partial charge is 0.481 e. The lowest BCUT2D eigenvalue weighted by Crippen LogP contribution is -2.53. The van der Waals surface area contributed by atoms with Crippen LogP contribution >= 0.6 is 0 Å². The van der Waals surface area contributed by atoms with E-state index in [9.17, 15) is 4.79 Å². The summed E-state index contributed by atoms with van der Waals surface area (Å²) < 4.78 is 0. The molecule has 1 rings (SSSR count). The molecule has 2 unspecified atom stereocenters. The molecular formula is C13H25NO2. The van der Waals surface area contributed by atoms with Gasteiger partial charge in [0, 0.05) is 12.1 Å². The number of nitrogens with zero attached hydrogens (tertiary/aromatic N) is 1. The first-order valence-corrected chi connectivity index (χ1v) is 6.56. The summed E-state index contributed by atoms with van der Waals surface area (Å²) in [6.45, 7) is 7.59. The minimum Gasteiger partial charge on any atom is -0.481 e. The number of carbonyl (C=O) groups is 1. The van der Waals surface area contributed by atoms with Gasteiger partial charge in [0.1, 0.15) is 0 Å². The monoisotopic (exact) mass is 227 g/mol. The van der Waals surface area contributed by atoms with Gasteiger partial charge in [0.15, 0.2) is 0 Å². The van der Waals surface area contributed by atoms with E-state index in [1.807, 2.05) is 0 Å². The van der Waals surface area contributed by atoms with Crippen LogP contribution in [-0.2, 0) is 4.79 Å². The van der Waals surface area contributed by atoms with Crippen LogP contribution in [0.3, 0.4) is 0 Å². The minimum absolute atomic E-state index is 0.121. The van der Waals surface area contributed by atoms with E-state index in [2.05, 4.69) is 25.7 Å². The summed E-state index contributed by atoms with van der Waals surface area (Å²) in [6.07, 6.45) is 5.57. The van der Waals surface area contributed by atoms with Crippen molar-refractivity contribution in [1.82, 2.24) is 4.90 Å². The fourth-order valence-electron chi connectivity index (χ4n) is 2.52. The quantitative estimate of drug-likeness (QED) is 0.680. The van der Waals surface area contributed by atoms with Crippen LogP contribution in [0.4, 0.5) is 0 Å². The van der Waals surface area contributed by atoms with Crippen molar-refractivity contribution in [2.24, 2.45) is 5.92 Å². The van der Waals surface area contributed by atoms with Gasteiger partial charge in [-0.2, -0.15) is 0 Å². The molecule has 1 saturated carbocycles. The van der Waals surface area contributed by atoms with Crippen molar-refractivity contribution in [1.29, 1.82) is 0 Å².